The first-order chi connectivity index (χ1) is 8.81. The quantitative estimate of drug-likeness (QED) is 0.639. The van der Waals surface area contributed by atoms with Gasteiger partial charge in [0, 0.05) is 5.39 Å². The van der Waals surface area contributed by atoms with E-state index in [0.717, 1.165) is 35.7 Å². The molecule has 0 spiro atoms. The molecule has 1 heterocycles. The van der Waals surface area contributed by atoms with Gasteiger partial charge < -0.3 is 5.43 Å². The third-order valence-electron chi connectivity index (χ3n) is 3.72. The van der Waals surface area contributed by atoms with Gasteiger partial charge >= 0.3 is 0 Å². The number of rotatable bonds is 4. The lowest BCUT2D eigenvalue weighted by atomic mass is 10.0. The zero-order valence-corrected chi connectivity index (χ0v) is 10.7. The highest BCUT2D eigenvalue weighted by molar-refractivity contribution is 5.85. The number of aromatic nitrogens is 1. The molecule has 3 rings (SSSR count). The third kappa shape index (κ3) is 2.06. The van der Waals surface area contributed by atoms with Crippen molar-refractivity contribution in [1.29, 1.82) is 0 Å². The number of pyridine rings is 1. The van der Waals surface area contributed by atoms with Crippen LogP contribution in [0.2, 0.25) is 0 Å². The van der Waals surface area contributed by atoms with E-state index >= 15 is 0 Å². The SMILES string of the molecule is CCc1cccc2cc(NN)c(CC3CC3)nc12. The smallest absolute Gasteiger partial charge is 0.0738 e. The molecular weight excluding hydrogens is 222 g/mol. The molecular formula is C15H19N3. The van der Waals surface area contributed by atoms with Gasteiger partial charge in [-0.05, 0) is 43.2 Å². The third-order valence-corrected chi connectivity index (χ3v) is 3.72. The molecule has 94 valence electrons. The summed E-state index contributed by atoms with van der Waals surface area (Å²) in [5.74, 6) is 6.43. The highest BCUT2D eigenvalue weighted by atomic mass is 15.2. The summed E-state index contributed by atoms with van der Waals surface area (Å²) in [6.45, 7) is 2.17. The van der Waals surface area contributed by atoms with Crippen LogP contribution in [0.15, 0.2) is 24.3 Å². The van der Waals surface area contributed by atoms with Crippen LogP contribution >= 0.6 is 0 Å². The Morgan fingerprint density at radius 2 is 2.22 bits per heavy atom. The fourth-order valence-electron chi connectivity index (χ4n) is 2.46. The molecule has 3 heteroatoms. The minimum absolute atomic E-state index is 0.816. The molecule has 0 aliphatic heterocycles. The van der Waals surface area contributed by atoms with Crippen molar-refractivity contribution in [2.75, 3.05) is 5.43 Å². The van der Waals surface area contributed by atoms with E-state index in [-0.39, 0.29) is 0 Å². The lowest BCUT2D eigenvalue weighted by Gasteiger charge is -2.11. The van der Waals surface area contributed by atoms with E-state index in [1.807, 2.05) is 0 Å². The number of nitrogen functional groups attached to an aromatic ring is 1. The van der Waals surface area contributed by atoms with Crippen molar-refractivity contribution in [3.8, 4) is 0 Å². The number of anilines is 1. The van der Waals surface area contributed by atoms with Crippen molar-refractivity contribution in [3.05, 3.63) is 35.5 Å². The number of hydrogen-bond acceptors (Lipinski definition) is 3. The van der Waals surface area contributed by atoms with E-state index < -0.39 is 0 Å². The fraction of sp³-hybridized carbons (Fsp3) is 0.400. The lowest BCUT2D eigenvalue weighted by Crippen LogP contribution is -2.11. The summed E-state index contributed by atoms with van der Waals surface area (Å²) in [5, 5.41) is 1.17. The highest BCUT2D eigenvalue weighted by Crippen LogP contribution is 2.35. The highest BCUT2D eigenvalue weighted by Gasteiger charge is 2.23. The van der Waals surface area contributed by atoms with Crippen molar-refractivity contribution in [2.24, 2.45) is 11.8 Å². The predicted molar refractivity (Wildman–Crippen MR) is 75.4 cm³/mol. The molecule has 0 saturated heterocycles. The van der Waals surface area contributed by atoms with Crippen LogP contribution in [0.3, 0.4) is 0 Å². The summed E-state index contributed by atoms with van der Waals surface area (Å²) in [4.78, 5) is 4.85. The lowest BCUT2D eigenvalue weighted by molar-refractivity contribution is 0.809. The van der Waals surface area contributed by atoms with E-state index in [1.165, 1.54) is 23.8 Å². The molecule has 3 nitrogen and oxygen atoms in total. The molecule has 0 radical (unpaired) electrons. The maximum atomic E-state index is 5.62. The molecule has 2 aromatic rings. The van der Waals surface area contributed by atoms with E-state index in [1.54, 1.807) is 0 Å². The molecule has 1 fully saturated rings. The van der Waals surface area contributed by atoms with E-state index in [9.17, 15) is 0 Å². The van der Waals surface area contributed by atoms with Crippen LogP contribution < -0.4 is 11.3 Å². The number of para-hydroxylation sites is 1. The number of nitrogens with one attached hydrogen (secondary N) is 1. The molecule has 0 amide bonds. The van der Waals surface area contributed by atoms with Crippen LogP contribution in [0.25, 0.3) is 10.9 Å². The number of nitrogens with two attached hydrogens (primary N) is 1. The fourth-order valence-corrected chi connectivity index (χ4v) is 2.46. The van der Waals surface area contributed by atoms with Gasteiger partial charge in [-0.2, -0.15) is 0 Å². The summed E-state index contributed by atoms with van der Waals surface area (Å²) in [5.41, 5.74) is 7.34. The number of nitrogens with zero attached hydrogens (tertiary/aromatic N) is 1. The van der Waals surface area contributed by atoms with Gasteiger partial charge in [-0.3, -0.25) is 10.8 Å². The minimum atomic E-state index is 0.816. The summed E-state index contributed by atoms with van der Waals surface area (Å²) in [6.07, 6.45) is 4.73. The van der Waals surface area contributed by atoms with E-state index in [4.69, 9.17) is 10.8 Å². The van der Waals surface area contributed by atoms with Gasteiger partial charge in [-0.15, -0.1) is 0 Å². The standard InChI is InChI=1S/C15H19N3/c1-2-11-4-3-5-12-9-14(18-16)13(17-15(11)12)8-10-6-7-10/h3-5,9-10,18H,2,6-8,16H2,1H3. The molecule has 1 aromatic heterocycles. The zero-order chi connectivity index (χ0) is 12.5. The number of hydrazine groups is 1. The summed E-state index contributed by atoms with van der Waals surface area (Å²) < 4.78 is 0. The summed E-state index contributed by atoms with van der Waals surface area (Å²) in [7, 11) is 0. The number of aryl methyl sites for hydroxylation is 1. The topological polar surface area (TPSA) is 50.9 Å². The normalized spacial score (nSPS) is 15.0. The van der Waals surface area contributed by atoms with Crippen molar-refractivity contribution < 1.29 is 0 Å². The molecule has 1 aliphatic rings. The Kier molecular flexibility index (Phi) is 2.92. The Labute approximate surface area is 107 Å². The number of hydrogen-bond donors (Lipinski definition) is 2. The van der Waals surface area contributed by atoms with Crippen molar-refractivity contribution in [1.82, 2.24) is 4.98 Å². The molecule has 3 N–H and O–H groups in total. The van der Waals surface area contributed by atoms with Gasteiger partial charge in [0.2, 0.25) is 0 Å². The first kappa shape index (κ1) is 11.5. The summed E-state index contributed by atoms with van der Waals surface area (Å²) in [6, 6.07) is 8.47. The van der Waals surface area contributed by atoms with Crippen LogP contribution in [-0.2, 0) is 12.8 Å². The minimum Gasteiger partial charge on any atom is -0.322 e. The molecule has 0 bridgehead atoms. The predicted octanol–water partition coefficient (Wildman–Crippen LogP) is 3.04. The molecule has 1 aromatic carbocycles. The first-order valence-corrected chi connectivity index (χ1v) is 6.70. The molecule has 0 unspecified atom stereocenters. The van der Waals surface area contributed by atoms with Crippen LogP contribution in [0.4, 0.5) is 5.69 Å². The van der Waals surface area contributed by atoms with Gasteiger partial charge in [0.15, 0.2) is 0 Å². The second kappa shape index (κ2) is 4.58. The van der Waals surface area contributed by atoms with E-state index in [2.05, 4.69) is 36.6 Å². The zero-order valence-electron chi connectivity index (χ0n) is 10.7. The molecule has 18 heavy (non-hydrogen) atoms. The number of fused-ring (bicyclic) bond motifs is 1. The molecule has 1 aliphatic carbocycles. The molecule has 1 saturated carbocycles. The van der Waals surface area contributed by atoms with Gasteiger partial charge in [0.1, 0.15) is 0 Å². The second-order valence-electron chi connectivity index (χ2n) is 5.12. The average molecular weight is 241 g/mol. The first-order valence-electron chi connectivity index (χ1n) is 6.70. The maximum absolute atomic E-state index is 5.62. The Morgan fingerprint density at radius 1 is 1.39 bits per heavy atom. The average Bonchev–Trinajstić information content (AvgIpc) is 3.21. The largest absolute Gasteiger partial charge is 0.322 e. The van der Waals surface area contributed by atoms with Crippen molar-refractivity contribution in [2.45, 2.75) is 32.6 Å². The van der Waals surface area contributed by atoms with Crippen molar-refractivity contribution in [3.63, 3.8) is 0 Å². The van der Waals surface area contributed by atoms with Crippen molar-refractivity contribution >= 4 is 16.6 Å². The van der Waals surface area contributed by atoms with Gasteiger partial charge in [-0.25, -0.2) is 0 Å². The second-order valence-corrected chi connectivity index (χ2v) is 5.12. The monoisotopic (exact) mass is 241 g/mol. The Hall–Kier alpha value is -1.61. The summed E-state index contributed by atoms with van der Waals surface area (Å²) >= 11 is 0. The van der Waals surface area contributed by atoms with Gasteiger partial charge in [0.05, 0.1) is 16.9 Å². The van der Waals surface area contributed by atoms with Crippen LogP contribution in [0.5, 0.6) is 0 Å². The maximum Gasteiger partial charge on any atom is 0.0738 e. The Morgan fingerprint density at radius 3 is 2.89 bits per heavy atom. The van der Waals surface area contributed by atoms with Crippen LogP contribution in [-0.4, -0.2) is 4.98 Å². The van der Waals surface area contributed by atoms with Crippen LogP contribution in [0.1, 0.15) is 31.0 Å². The number of benzene rings is 1. The Balaban J connectivity index is 2.13. The molecule has 0 atom stereocenters. The Bertz CT molecular complexity index is 573. The van der Waals surface area contributed by atoms with Gasteiger partial charge in [-0.1, -0.05) is 25.1 Å². The van der Waals surface area contributed by atoms with Crippen LogP contribution in [0, 0.1) is 5.92 Å². The van der Waals surface area contributed by atoms with E-state index in [0.29, 0.717) is 0 Å². The van der Waals surface area contributed by atoms with Gasteiger partial charge in [0.25, 0.3) is 0 Å².